The van der Waals surface area contributed by atoms with Gasteiger partial charge in [-0.1, -0.05) is 11.6 Å². The molecule has 2 fully saturated rings. The minimum atomic E-state index is -0.123. The smallest absolute Gasteiger partial charge is 0.305 e. The molecule has 142 valence electrons. The van der Waals surface area contributed by atoms with Crippen LogP contribution in [0.4, 0.5) is 0 Å². The van der Waals surface area contributed by atoms with Crippen LogP contribution in [0.1, 0.15) is 57.8 Å². The largest absolute Gasteiger partial charge is 0.469 e. The van der Waals surface area contributed by atoms with Crippen LogP contribution < -0.4 is 0 Å². The lowest BCUT2D eigenvalue weighted by Crippen LogP contribution is -2.32. The van der Waals surface area contributed by atoms with E-state index in [0.717, 1.165) is 51.6 Å². The molecule has 0 aromatic rings. The van der Waals surface area contributed by atoms with E-state index in [9.17, 15) is 9.90 Å². The molecule has 5 atom stereocenters. The van der Waals surface area contributed by atoms with E-state index in [1.54, 1.807) is 0 Å². The number of carbonyl (C=O) groups excluding carboxylic acids is 1. The SMILES string of the molecule is COC(=O)CCCCC1=C[C@@H]2C[C@H](OC3CCCCO3)[C@@H](CO)[C@@H]2C1. The van der Waals surface area contributed by atoms with Crippen molar-refractivity contribution < 1.29 is 24.1 Å². The van der Waals surface area contributed by atoms with Crippen LogP contribution in [0.5, 0.6) is 0 Å². The van der Waals surface area contributed by atoms with E-state index in [4.69, 9.17) is 9.47 Å². The van der Waals surface area contributed by atoms with Gasteiger partial charge in [0.1, 0.15) is 0 Å². The molecule has 1 aliphatic heterocycles. The number of allylic oxidation sites excluding steroid dienone is 2. The van der Waals surface area contributed by atoms with Gasteiger partial charge in [-0.25, -0.2) is 0 Å². The fourth-order valence-corrected chi connectivity index (χ4v) is 4.71. The molecular weight excluding hydrogens is 320 g/mol. The summed E-state index contributed by atoms with van der Waals surface area (Å²) >= 11 is 0. The lowest BCUT2D eigenvalue weighted by atomic mass is 9.89. The molecule has 2 aliphatic carbocycles. The fraction of sp³-hybridized carbons (Fsp3) is 0.850. The summed E-state index contributed by atoms with van der Waals surface area (Å²) in [7, 11) is 1.44. The number of hydrogen-bond acceptors (Lipinski definition) is 5. The zero-order valence-electron chi connectivity index (χ0n) is 15.3. The number of fused-ring (bicyclic) bond motifs is 1. The molecule has 0 aromatic heterocycles. The second kappa shape index (κ2) is 9.15. The third-order valence-corrected chi connectivity index (χ3v) is 6.06. The van der Waals surface area contributed by atoms with Crippen LogP contribution in [0, 0.1) is 17.8 Å². The third-order valence-electron chi connectivity index (χ3n) is 6.06. The second-order valence-electron chi connectivity index (χ2n) is 7.69. The van der Waals surface area contributed by atoms with Crippen molar-refractivity contribution in [2.45, 2.75) is 70.2 Å². The van der Waals surface area contributed by atoms with Crippen molar-refractivity contribution in [1.82, 2.24) is 0 Å². The van der Waals surface area contributed by atoms with Gasteiger partial charge in [0.25, 0.3) is 0 Å². The summed E-state index contributed by atoms with van der Waals surface area (Å²) in [4.78, 5) is 11.2. The molecule has 5 heteroatoms. The highest BCUT2D eigenvalue weighted by Crippen LogP contribution is 2.49. The number of aliphatic hydroxyl groups is 1. The number of esters is 1. The molecule has 1 saturated carbocycles. The predicted octanol–water partition coefficient (Wildman–Crippen LogP) is 3.21. The van der Waals surface area contributed by atoms with E-state index in [2.05, 4.69) is 10.8 Å². The summed E-state index contributed by atoms with van der Waals surface area (Å²) in [6.45, 7) is 0.992. The fourth-order valence-electron chi connectivity index (χ4n) is 4.71. The monoisotopic (exact) mass is 352 g/mol. The number of ether oxygens (including phenoxy) is 3. The maximum atomic E-state index is 11.2. The third kappa shape index (κ3) is 4.83. The lowest BCUT2D eigenvalue weighted by molar-refractivity contribution is -0.198. The van der Waals surface area contributed by atoms with Crippen molar-refractivity contribution in [3.8, 4) is 0 Å². The van der Waals surface area contributed by atoms with Crippen LogP contribution in [0.3, 0.4) is 0 Å². The van der Waals surface area contributed by atoms with Gasteiger partial charge in [0.15, 0.2) is 6.29 Å². The van der Waals surface area contributed by atoms with Gasteiger partial charge < -0.3 is 19.3 Å². The van der Waals surface area contributed by atoms with E-state index in [1.165, 1.54) is 19.1 Å². The average Bonchev–Trinajstić information content (AvgIpc) is 3.16. The van der Waals surface area contributed by atoms with Crippen molar-refractivity contribution in [3.63, 3.8) is 0 Å². The summed E-state index contributed by atoms with van der Waals surface area (Å²) in [6.07, 6.45) is 11.3. The Morgan fingerprint density at radius 1 is 1.36 bits per heavy atom. The van der Waals surface area contributed by atoms with Crippen LogP contribution in [0.25, 0.3) is 0 Å². The van der Waals surface area contributed by atoms with Gasteiger partial charge in [-0.2, -0.15) is 0 Å². The quantitative estimate of drug-likeness (QED) is 0.413. The number of carbonyl (C=O) groups is 1. The molecule has 5 nitrogen and oxygen atoms in total. The Hall–Kier alpha value is -0.910. The minimum absolute atomic E-state index is 0.0756. The molecule has 3 aliphatic rings. The maximum Gasteiger partial charge on any atom is 0.305 e. The van der Waals surface area contributed by atoms with Crippen LogP contribution in [-0.4, -0.2) is 43.8 Å². The highest BCUT2D eigenvalue weighted by molar-refractivity contribution is 5.68. The Bertz CT molecular complexity index is 469. The first-order chi connectivity index (χ1) is 12.2. The Morgan fingerprint density at radius 2 is 2.24 bits per heavy atom. The normalized spacial score (nSPS) is 34.6. The molecule has 25 heavy (non-hydrogen) atoms. The number of hydrogen-bond donors (Lipinski definition) is 1. The molecule has 0 radical (unpaired) electrons. The molecule has 0 spiro atoms. The minimum Gasteiger partial charge on any atom is -0.469 e. The summed E-state index contributed by atoms with van der Waals surface area (Å²) in [5, 5.41) is 9.91. The first-order valence-electron chi connectivity index (χ1n) is 9.85. The van der Waals surface area contributed by atoms with Crippen LogP contribution in [-0.2, 0) is 19.0 Å². The zero-order chi connectivity index (χ0) is 17.6. The van der Waals surface area contributed by atoms with Gasteiger partial charge in [-0.15, -0.1) is 0 Å². The predicted molar refractivity (Wildman–Crippen MR) is 93.8 cm³/mol. The van der Waals surface area contributed by atoms with Crippen molar-refractivity contribution in [3.05, 3.63) is 11.6 Å². The van der Waals surface area contributed by atoms with E-state index < -0.39 is 0 Å². The number of rotatable bonds is 8. The van der Waals surface area contributed by atoms with Gasteiger partial charge >= 0.3 is 5.97 Å². The Labute approximate surface area is 150 Å². The molecular formula is C20H32O5. The van der Waals surface area contributed by atoms with E-state index >= 15 is 0 Å². The summed E-state index contributed by atoms with van der Waals surface area (Å²) in [5.41, 5.74) is 1.49. The molecule has 1 saturated heterocycles. The zero-order valence-corrected chi connectivity index (χ0v) is 15.3. The standard InChI is InChI=1S/C20H32O5/c1-23-19(22)7-3-2-6-14-10-15-12-18(17(13-21)16(15)11-14)25-20-8-4-5-9-24-20/h10,15-18,20-21H,2-9,11-13H2,1H3/t15-,16-,17+,18+,20?/m1/s1. The summed E-state index contributed by atoms with van der Waals surface area (Å²) < 4.78 is 16.6. The van der Waals surface area contributed by atoms with Crippen molar-refractivity contribution in [2.24, 2.45) is 17.8 Å². The van der Waals surface area contributed by atoms with Crippen LogP contribution >= 0.6 is 0 Å². The molecule has 1 N–H and O–H groups in total. The molecule has 0 aromatic carbocycles. The molecule has 1 unspecified atom stereocenters. The number of methoxy groups -OCH3 is 1. The Morgan fingerprint density at radius 3 is 2.96 bits per heavy atom. The molecule has 0 amide bonds. The lowest BCUT2D eigenvalue weighted by Gasteiger charge is -2.29. The number of aliphatic hydroxyl groups excluding tert-OH is 1. The van der Waals surface area contributed by atoms with Gasteiger partial charge in [0.2, 0.25) is 0 Å². The van der Waals surface area contributed by atoms with E-state index in [-0.39, 0.29) is 30.9 Å². The van der Waals surface area contributed by atoms with Crippen LogP contribution in [0.15, 0.2) is 11.6 Å². The molecule has 3 rings (SSSR count). The highest BCUT2D eigenvalue weighted by Gasteiger charge is 2.46. The topological polar surface area (TPSA) is 65.0 Å². The Kier molecular flexibility index (Phi) is 6.91. The van der Waals surface area contributed by atoms with Gasteiger partial charge in [0, 0.05) is 25.6 Å². The molecule has 0 bridgehead atoms. The summed E-state index contributed by atoms with van der Waals surface area (Å²) in [5.74, 6) is 1.14. The van der Waals surface area contributed by atoms with Crippen molar-refractivity contribution >= 4 is 5.97 Å². The maximum absolute atomic E-state index is 11.2. The first kappa shape index (κ1) is 18.9. The van der Waals surface area contributed by atoms with Crippen molar-refractivity contribution in [1.29, 1.82) is 0 Å². The first-order valence-corrected chi connectivity index (χ1v) is 9.85. The van der Waals surface area contributed by atoms with E-state index in [1.807, 2.05) is 0 Å². The van der Waals surface area contributed by atoms with Crippen LogP contribution in [0.2, 0.25) is 0 Å². The average molecular weight is 352 g/mol. The van der Waals surface area contributed by atoms with Crippen molar-refractivity contribution in [2.75, 3.05) is 20.3 Å². The summed E-state index contributed by atoms with van der Waals surface area (Å²) in [6, 6.07) is 0. The van der Waals surface area contributed by atoms with E-state index in [0.29, 0.717) is 18.3 Å². The van der Waals surface area contributed by atoms with Gasteiger partial charge in [0.05, 0.1) is 13.2 Å². The highest BCUT2D eigenvalue weighted by atomic mass is 16.7. The second-order valence-corrected chi connectivity index (χ2v) is 7.69. The Balaban J connectivity index is 1.45. The van der Waals surface area contributed by atoms with Gasteiger partial charge in [-0.3, -0.25) is 4.79 Å². The molecule has 1 heterocycles. The van der Waals surface area contributed by atoms with Gasteiger partial charge in [-0.05, 0) is 63.2 Å². The number of unbranched alkanes of at least 4 members (excludes halogenated alkanes) is 1.